The highest BCUT2D eigenvalue weighted by atomic mass is 32.2. The van der Waals surface area contributed by atoms with E-state index in [1.807, 2.05) is 19.9 Å². The summed E-state index contributed by atoms with van der Waals surface area (Å²) in [6, 6.07) is 19.5. The number of sulfonamides is 2. The first-order valence-corrected chi connectivity index (χ1v) is 15.0. The van der Waals surface area contributed by atoms with Crippen molar-refractivity contribution < 1.29 is 26.4 Å². The van der Waals surface area contributed by atoms with Gasteiger partial charge >= 0.3 is 0 Å². The summed E-state index contributed by atoms with van der Waals surface area (Å²) in [5.41, 5.74) is 2.32. The van der Waals surface area contributed by atoms with Gasteiger partial charge in [-0.25, -0.2) is 16.8 Å². The normalized spacial score (nSPS) is 11.5. The molecule has 0 fully saturated rings. The van der Waals surface area contributed by atoms with Gasteiger partial charge in [0.25, 0.3) is 10.0 Å². The molecular weight excluding hydrogens is 514 g/mol. The minimum Gasteiger partial charge on any atom is -0.494 e. The number of carbonyl (C=O) groups excluding carboxylic acids is 1. The Bertz CT molecular complexity index is 1420. The predicted molar refractivity (Wildman–Crippen MR) is 146 cm³/mol. The molecular formula is C26H31N3O6S2. The zero-order valence-corrected chi connectivity index (χ0v) is 22.6. The summed E-state index contributed by atoms with van der Waals surface area (Å²) >= 11 is 0. The molecule has 3 aromatic rings. The van der Waals surface area contributed by atoms with Crippen LogP contribution in [0.15, 0.2) is 77.7 Å². The van der Waals surface area contributed by atoms with Gasteiger partial charge in [-0.2, -0.15) is 0 Å². The molecule has 0 saturated carbocycles. The summed E-state index contributed by atoms with van der Waals surface area (Å²) < 4.78 is 59.0. The zero-order valence-electron chi connectivity index (χ0n) is 21.0. The quantitative estimate of drug-likeness (QED) is 0.348. The van der Waals surface area contributed by atoms with Crippen LogP contribution in [0.4, 0.5) is 17.1 Å². The third-order valence-corrected chi connectivity index (χ3v) is 7.91. The molecule has 198 valence electrons. The minimum atomic E-state index is -3.82. The Labute approximate surface area is 218 Å². The van der Waals surface area contributed by atoms with Gasteiger partial charge in [0.05, 0.1) is 23.4 Å². The third-order valence-electron chi connectivity index (χ3n) is 5.32. The fraction of sp³-hybridized carbons (Fsp3) is 0.269. The van der Waals surface area contributed by atoms with E-state index < -0.39 is 20.0 Å². The summed E-state index contributed by atoms with van der Waals surface area (Å²) in [4.78, 5) is 12.5. The van der Waals surface area contributed by atoms with Crippen molar-refractivity contribution in [3.63, 3.8) is 0 Å². The molecule has 9 nitrogen and oxygen atoms in total. The molecule has 1 amide bonds. The molecule has 3 aromatic carbocycles. The molecule has 0 aromatic heterocycles. The van der Waals surface area contributed by atoms with Gasteiger partial charge in [-0.05, 0) is 86.5 Å². The highest BCUT2D eigenvalue weighted by Crippen LogP contribution is 2.22. The van der Waals surface area contributed by atoms with Crippen LogP contribution in [0.1, 0.15) is 25.3 Å². The van der Waals surface area contributed by atoms with Gasteiger partial charge < -0.3 is 10.1 Å². The largest absolute Gasteiger partial charge is 0.494 e. The number of hydrogen-bond donors (Lipinski definition) is 2. The standard InChI is InChI=1S/C26H31N3O6S2/c1-4-35-24-14-10-22(11-15-24)28-37(33,34)25-16-12-21(13-17-25)27-26(30)9-6-18-29(36(3,31)32)23-8-5-7-20(2)19-23/h5,7-8,10-17,19,28H,4,6,9,18H2,1-3H3,(H,27,30). The van der Waals surface area contributed by atoms with Crippen molar-refractivity contribution in [3.8, 4) is 5.75 Å². The summed E-state index contributed by atoms with van der Waals surface area (Å²) in [5, 5.41) is 2.71. The number of nitrogens with zero attached hydrogens (tertiary/aromatic N) is 1. The number of nitrogens with one attached hydrogen (secondary N) is 2. The van der Waals surface area contributed by atoms with Crippen molar-refractivity contribution in [2.75, 3.05) is 33.8 Å². The van der Waals surface area contributed by atoms with E-state index in [2.05, 4.69) is 10.0 Å². The number of rotatable bonds is 12. The van der Waals surface area contributed by atoms with Crippen molar-refractivity contribution >= 4 is 43.0 Å². The van der Waals surface area contributed by atoms with Crippen LogP contribution >= 0.6 is 0 Å². The van der Waals surface area contributed by atoms with Crippen molar-refractivity contribution in [3.05, 3.63) is 78.4 Å². The molecule has 0 saturated heterocycles. The summed E-state index contributed by atoms with van der Waals surface area (Å²) in [7, 11) is -7.32. The van der Waals surface area contributed by atoms with Crippen LogP contribution in [-0.2, 0) is 24.8 Å². The maximum atomic E-state index is 12.7. The van der Waals surface area contributed by atoms with Crippen molar-refractivity contribution in [1.29, 1.82) is 0 Å². The van der Waals surface area contributed by atoms with E-state index in [0.29, 0.717) is 35.8 Å². The fourth-order valence-electron chi connectivity index (χ4n) is 3.59. The maximum Gasteiger partial charge on any atom is 0.261 e. The summed E-state index contributed by atoms with van der Waals surface area (Å²) in [6.07, 6.45) is 1.54. The summed E-state index contributed by atoms with van der Waals surface area (Å²) in [6.45, 7) is 4.41. The molecule has 3 rings (SSSR count). The molecule has 11 heteroatoms. The number of carbonyl (C=O) groups is 1. The van der Waals surface area contributed by atoms with E-state index in [0.717, 1.165) is 11.8 Å². The molecule has 0 aliphatic rings. The first-order chi connectivity index (χ1) is 17.5. The first kappa shape index (κ1) is 28.0. The van der Waals surface area contributed by atoms with Crippen molar-refractivity contribution in [2.45, 2.75) is 31.6 Å². The van der Waals surface area contributed by atoms with Gasteiger partial charge in [0, 0.05) is 24.3 Å². The van der Waals surface area contributed by atoms with Gasteiger partial charge in [-0.15, -0.1) is 0 Å². The van der Waals surface area contributed by atoms with E-state index in [1.165, 1.54) is 28.6 Å². The second-order valence-corrected chi connectivity index (χ2v) is 12.0. The number of hydrogen-bond acceptors (Lipinski definition) is 6. The Morgan fingerprint density at radius 1 is 0.919 bits per heavy atom. The predicted octanol–water partition coefficient (Wildman–Crippen LogP) is 4.38. The SMILES string of the molecule is CCOc1ccc(NS(=O)(=O)c2ccc(NC(=O)CCCN(c3cccc(C)c3)S(C)(=O)=O)cc2)cc1. The molecule has 2 N–H and O–H groups in total. The van der Waals surface area contributed by atoms with Crippen molar-refractivity contribution in [1.82, 2.24) is 0 Å². The van der Waals surface area contributed by atoms with Crippen LogP contribution in [0.5, 0.6) is 5.75 Å². The van der Waals surface area contributed by atoms with Crippen LogP contribution in [0.3, 0.4) is 0 Å². The molecule has 0 heterocycles. The second kappa shape index (κ2) is 12.1. The zero-order chi connectivity index (χ0) is 27.1. The van der Waals surface area contributed by atoms with Gasteiger partial charge in [0.15, 0.2) is 0 Å². The van der Waals surface area contributed by atoms with Gasteiger partial charge in [-0.3, -0.25) is 13.8 Å². The van der Waals surface area contributed by atoms with Gasteiger partial charge in [0.1, 0.15) is 5.75 Å². The molecule has 0 atom stereocenters. The maximum absolute atomic E-state index is 12.7. The molecule has 0 spiro atoms. The highest BCUT2D eigenvalue weighted by Gasteiger charge is 2.18. The van der Waals surface area contributed by atoms with Crippen LogP contribution in [0, 0.1) is 6.92 Å². The third kappa shape index (κ3) is 8.22. The topological polar surface area (TPSA) is 122 Å². The molecule has 37 heavy (non-hydrogen) atoms. The Balaban J connectivity index is 1.55. The molecule has 0 aliphatic carbocycles. The molecule has 0 radical (unpaired) electrons. The van der Waals surface area contributed by atoms with Crippen LogP contribution in [0.25, 0.3) is 0 Å². The first-order valence-electron chi connectivity index (χ1n) is 11.7. The lowest BCUT2D eigenvalue weighted by Crippen LogP contribution is -2.31. The number of aryl methyl sites for hydroxylation is 1. The Hall–Kier alpha value is -3.57. The lowest BCUT2D eigenvalue weighted by molar-refractivity contribution is -0.116. The van der Waals surface area contributed by atoms with E-state index in [9.17, 15) is 21.6 Å². The average molecular weight is 546 g/mol. The van der Waals surface area contributed by atoms with Crippen molar-refractivity contribution in [2.24, 2.45) is 0 Å². The van der Waals surface area contributed by atoms with Crippen LogP contribution in [-0.4, -0.2) is 42.2 Å². The molecule has 0 bridgehead atoms. The number of amides is 1. The van der Waals surface area contributed by atoms with Gasteiger partial charge in [0.2, 0.25) is 15.9 Å². The Morgan fingerprint density at radius 2 is 1.57 bits per heavy atom. The van der Waals surface area contributed by atoms with E-state index in [4.69, 9.17) is 4.74 Å². The summed E-state index contributed by atoms with van der Waals surface area (Å²) in [5.74, 6) is 0.338. The Morgan fingerprint density at radius 3 is 2.16 bits per heavy atom. The van der Waals surface area contributed by atoms with E-state index in [1.54, 1.807) is 42.5 Å². The Kier molecular flexibility index (Phi) is 9.17. The average Bonchev–Trinajstić information content (AvgIpc) is 2.82. The molecule has 0 unspecified atom stereocenters. The second-order valence-electron chi connectivity index (χ2n) is 8.41. The number of ether oxygens (including phenoxy) is 1. The highest BCUT2D eigenvalue weighted by molar-refractivity contribution is 7.92. The minimum absolute atomic E-state index is 0.0429. The van der Waals surface area contributed by atoms with Gasteiger partial charge in [-0.1, -0.05) is 12.1 Å². The van der Waals surface area contributed by atoms with Crippen LogP contribution in [0.2, 0.25) is 0 Å². The number of anilines is 3. The fourth-order valence-corrected chi connectivity index (χ4v) is 5.61. The monoisotopic (exact) mass is 545 g/mol. The lowest BCUT2D eigenvalue weighted by Gasteiger charge is -2.22. The lowest BCUT2D eigenvalue weighted by atomic mass is 10.2. The van der Waals surface area contributed by atoms with Crippen LogP contribution < -0.4 is 19.1 Å². The van der Waals surface area contributed by atoms with E-state index >= 15 is 0 Å². The smallest absolute Gasteiger partial charge is 0.261 e. The number of benzene rings is 3. The van der Waals surface area contributed by atoms with E-state index in [-0.39, 0.29) is 23.8 Å². The molecule has 0 aliphatic heterocycles.